The van der Waals surface area contributed by atoms with Gasteiger partial charge < -0.3 is 10.6 Å². The first kappa shape index (κ1) is 27.5. The van der Waals surface area contributed by atoms with Gasteiger partial charge in [0.15, 0.2) is 0 Å². The number of halogens is 3. The number of ketones is 1. The number of hydrogen-bond acceptors (Lipinski definition) is 5. The zero-order valence-corrected chi connectivity index (χ0v) is 17.4. The normalized spacial score (nSPS) is 11.5. The van der Waals surface area contributed by atoms with Gasteiger partial charge in [0.25, 0.3) is 0 Å². The third kappa shape index (κ3) is 13.2. The van der Waals surface area contributed by atoms with Gasteiger partial charge in [0, 0.05) is 25.5 Å². The number of anilines is 1. The minimum Gasteiger partial charge on any atom is -0.341 e. The molecule has 1 heterocycles. The Morgan fingerprint density at radius 1 is 1.19 bits per heavy atom. The van der Waals surface area contributed by atoms with E-state index >= 15 is 0 Å². The molecule has 158 valence electrons. The molecule has 0 spiro atoms. The predicted octanol–water partition coefficient (Wildman–Crippen LogP) is 4.71. The lowest BCUT2D eigenvalue weighted by Gasteiger charge is -2.23. The molecule has 1 atom stereocenters. The minimum atomic E-state index is -4.38. The quantitative estimate of drug-likeness (QED) is 0.694. The summed E-state index contributed by atoms with van der Waals surface area (Å²) in [7, 11) is 0. The summed E-state index contributed by atoms with van der Waals surface area (Å²) in [5.74, 6) is 0.997. The SMILES string of the molecule is CC.CC(=O)CN.CCCN(CCC(C)CC)c1ncc(C(F)(F)F)cn1. The largest absolute Gasteiger partial charge is 0.419 e. The summed E-state index contributed by atoms with van der Waals surface area (Å²) in [5.41, 5.74) is 4.02. The molecule has 1 rings (SSSR count). The van der Waals surface area contributed by atoms with Gasteiger partial charge in [-0.3, -0.25) is 4.79 Å². The fourth-order valence-electron chi connectivity index (χ4n) is 1.79. The average Bonchev–Trinajstić information content (AvgIpc) is 2.66. The van der Waals surface area contributed by atoms with Crippen molar-refractivity contribution in [2.75, 3.05) is 24.5 Å². The molecule has 0 aliphatic rings. The Hall–Kier alpha value is -1.70. The molecule has 0 saturated heterocycles. The predicted molar refractivity (Wildman–Crippen MR) is 105 cm³/mol. The molecule has 5 nitrogen and oxygen atoms in total. The van der Waals surface area contributed by atoms with Gasteiger partial charge >= 0.3 is 6.18 Å². The van der Waals surface area contributed by atoms with Crippen molar-refractivity contribution >= 4 is 11.7 Å². The van der Waals surface area contributed by atoms with Crippen LogP contribution in [0.25, 0.3) is 0 Å². The molecular weight excluding hydrogens is 357 g/mol. The Kier molecular flexibility index (Phi) is 15.7. The zero-order chi connectivity index (χ0) is 21.5. The van der Waals surface area contributed by atoms with Gasteiger partial charge in [0.05, 0.1) is 12.1 Å². The topological polar surface area (TPSA) is 72.1 Å². The Morgan fingerprint density at radius 2 is 1.67 bits per heavy atom. The van der Waals surface area contributed by atoms with Crippen molar-refractivity contribution in [1.29, 1.82) is 0 Å². The molecule has 0 aromatic carbocycles. The van der Waals surface area contributed by atoms with E-state index in [0.29, 0.717) is 11.9 Å². The molecule has 0 aliphatic carbocycles. The van der Waals surface area contributed by atoms with E-state index in [4.69, 9.17) is 5.73 Å². The third-order valence-corrected chi connectivity index (χ3v) is 3.62. The summed E-state index contributed by atoms with van der Waals surface area (Å²) in [4.78, 5) is 19.4. The van der Waals surface area contributed by atoms with Crippen LogP contribution in [0.2, 0.25) is 0 Å². The van der Waals surface area contributed by atoms with Crippen LogP contribution in [0.3, 0.4) is 0 Å². The molecule has 1 unspecified atom stereocenters. The lowest BCUT2D eigenvalue weighted by Crippen LogP contribution is -2.28. The summed E-state index contributed by atoms with van der Waals surface area (Å²) >= 11 is 0. The zero-order valence-electron chi connectivity index (χ0n) is 17.4. The number of alkyl halides is 3. The van der Waals surface area contributed by atoms with Crippen LogP contribution in [-0.4, -0.2) is 35.4 Å². The van der Waals surface area contributed by atoms with Crippen molar-refractivity contribution in [2.45, 2.75) is 67.0 Å². The first-order chi connectivity index (χ1) is 12.6. The van der Waals surface area contributed by atoms with Gasteiger partial charge in [-0.25, -0.2) is 9.97 Å². The standard InChI is InChI=1S/C14H22F3N3.C3H7NO.C2H6/c1-4-7-20(8-6-11(3)5-2)13-18-9-12(10-19-13)14(15,16)17;1-3(5)2-4;1-2/h9-11H,4-8H2,1-3H3;2,4H2,1H3;1-2H3. The van der Waals surface area contributed by atoms with Gasteiger partial charge in [-0.15, -0.1) is 0 Å². The fraction of sp³-hybridized carbons (Fsp3) is 0.737. The highest BCUT2D eigenvalue weighted by atomic mass is 19.4. The molecular formula is C19H35F3N4O. The van der Waals surface area contributed by atoms with Crippen molar-refractivity contribution in [3.05, 3.63) is 18.0 Å². The molecule has 0 aliphatic heterocycles. The number of Topliss-reactive ketones (excluding diaryl/α,β-unsaturated/α-hetero) is 1. The van der Waals surface area contributed by atoms with E-state index < -0.39 is 11.7 Å². The smallest absolute Gasteiger partial charge is 0.341 e. The number of rotatable bonds is 8. The van der Waals surface area contributed by atoms with Crippen LogP contribution >= 0.6 is 0 Å². The van der Waals surface area contributed by atoms with E-state index in [0.717, 1.165) is 44.7 Å². The van der Waals surface area contributed by atoms with E-state index in [2.05, 4.69) is 23.8 Å². The van der Waals surface area contributed by atoms with Crippen molar-refractivity contribution in [3.8, 4) is 0 Å². The third-order valence-electron chi connectivity index (χ3n) is 3.62. The van der Waals surface area contributed by atoms with Crippen LogP contribution in [0.5, 0.6) is 0 Å². The number of nitrogens with two attached hydrogens (primary N) is 1. The molecule has 0 bridgehead atoms. The number of aromatic nitrogens is 2. The molecule has 2 N–H and O–H groups in total. The molecule has 0 radical (unpaired) electrons. The van der Waals surface area contributed by atoms with E-state index in [1.165, 1.54) is 6.92 Å². The van der Waals surface area contributed by atoms with Gasteiger partial charge in [0.1, 0.15) is 5.78 Å². The van der Waals surface area contributed by atoms with Crippen LogP contribution in [0, 0.1) is 5.92 Å². The number of hydrogen-bond donors (Lipinski definition) is 1. The summed E-state index contributed by atoms with van der Waals surface area (Å²) in [6.07, 6.45) is 0.312. The molecule has 0 fully saturated rings. The van der Waals surface area contributed by atoms with Crippen molar-refractivity contribution in [3.63, 3.8) is 0 Å². The maximum Gasteiger partial charge on any atom is 0.419 e. The molecule has 0 saturated carbocycles. The van der Waals surface area contributed by atoms with Gasteiger partial charge in [-0.05, 0) is 25.7 Å². The van der Waals surface area contributed by atoms with Crippen molar-refractivity contribution < 1.29 is 18.0 Å². The lowest BCUT2D eigenvalue weighted by atomic mass is 10.1. The summed E-state index contributed by atoms with van der Waals surface area (Å²) in [6, 6.07) is 0. The molecule has 0 amide bonds. The summed E-state index contributed by atoms with van der Waals surface area (Å²) in [6.45, 7) is 13.5. The van der Waals surface area contributed by atoms with Crippen LogP contribution in [-0.2, 0) is 11.0 Å². The maximum absolute atomic E-state index is 12.5. The van der Waals surface area contributed by atoms with Gasteiger partial charge in [-0.2, -0.15) is 13.2 Å². The first-order valence-electron chi connectivity index (χ1n) is 9.49. The van der Waals surface area contributed by atoms with E-state index in [1.807, 2.05) is 25.7 Å². The van der Waals surface area contributed by atoms with Crippen LogP contribution in [0.15, 0.2) is 12.4 Å². The number of nitrogens with zero attached hydrogens (tertiary/aromatic N) is 3. The molecule has 8 heteroatoms. The fourth-order valence-corrected chi connectivity index (χ4v) is 1.79. The van der Waals surface area contributed by atoms with Crippen LogP contribution < -0.4 is 10.6 Å². The van der Waals surface area contributed by atoms with Gasteiger partial charge in [-0.1, -0.05) is 41.0 Å². The van der Waals surface area contributed by atoms with Crippen LogP contribution in [0.1, 0.15) is 66.4 Å². The number of carbonyl (C=O) groups excluding carboxylic acids is 1. The van der Waals surface area contributed by atoms with Crippen LogP contribution in [0.4, 0.5) is 19.1 Å². The highest BCUT2D eigenvalue weighted by molar-refractivity contribution is 5.77. The first-order valence-corrected chi connectivity index (χ1v) is 9.49. The Morgan fingerprint density at radius 3 is 2.00 bits per heavy atom. The lowest BCUT2D eigenvalue weighted by molar-refractivity contribution is -0.138. The average molecular weight is 393 g/mol. The van der Waals surface area contributed by atoms with Gasteiger partial charge in [0.2, 0.25) is 5.95 Å². The van der Waals surface area contributed by atoms with Crippen molar-refractivity contribution in [1.82, 2.24) is 9.97 Å². The molecule has 1 aromatic heterocycles. The monoisotopic (exact) mass is 392 g/mol. The maximum atomic E-state index is 12.5. The Balaban J connectivity index is 0. The molecule has 27 heavy (non-hydrogen) atoms. The Labute approximate surface area is 161 Å². The van der Waals surface area contributed by atoms with E-state index in [-0.39, 0.29) is 12.3 Å². The van der Waals surface area contributed by atoms with Crippen molar-refractivity contribution in [2.24, 2.45) is 11.7 Å². The molecule has 1 aromatic rings. The second-order valence-electron chi connectivity index (χ2n) is 5.96. The van der Waals surface area contributed by atoms with E-state index in [9.17, 15) is 18.0 Å². The summed E-state index contributed by atoms with van der Waals surface area (Å²) in [5, 5.41) is 0. The second-order valence-corrected chi connectivity index (χ2v) is 5.96. The highest BCUT2D eigenvalue weighted by Gasteiger charge is 2.31. The van der Waals surface area contributed by atoms with E-state index in [1.54, 1.807) is 0 Å². The Bertz CT molecular complexity index is 493. The second kappa shape index (κ2) is 15.4. The summed E-state index contributed by atoms with van der Waals surface area (Å²) < 4.78 is 37.4. The highest BCUT2D eigenvalue weighted by Crippen LogP contribution is 2.28. The minimum absolute atomic E-state index is 0.0324. The number of carbonyl (C=O) groups is 1.